The summed E-state index contributed by atoms with van der Waals surface area (Å²) in [4.78, 5) is 27.7. The SMILES string of the molecule is O=C1NCCc2c1cccc2-c1ccc2nccc(C(=O)O)c2c1. The molecule has 0 saturated carbocycles. The van der Waals surface area contributed by atoms with Crippen molar-refractivity contribution in [3.8, 4) is 11.1 Å². The molecule has 2 aromatic carbocycles. The van der Waals surface area contributed by atoms with Gasteiger partial charge >= 0.3 is 5.97 Å². The molecular weight excluding hydrogens is 304 g/mol. The third-order valence-corrected chi connectivity index (χ3v) is 4.36. The van der Waals surface area contributed by atoms with Crippen molar-refractivity contribution in [2.24, 2.45) is 0 Å². The normalized spacial score (nSPS) is 13.4. The number of aromatic nitrogens is 1. The van der Waals surface area contributed by atoms with Crippen molar-refractivity contribution in [1.82, 2.24) is 10.3 Å². The zero-order valence-electron chi connectivity index (χ0n) is 12.7. The van der Waals surface area contributed by atoms with E-state index in [-0.39, 0.29) is 11.5 Å². The molecule has 0 fully saturated rings. The molecule has 0 bridgehead atoms. The van der Waals surface area contributed by atoms with Crippen molar-refractivity contribution in [2.75, 3.05) is 6.54 Å². The average molecular weight is 318 g/mol. The fourth-order valence-corrected chi connectivity index (χ4v) is 3.24. The van der Waals surface area contributed by atoms with Crippen LogP contribution in [0.1, 0.15) is 26.3 Å². The van der Waals surface area contributed by atoms with Gasteiger partial charge in [-0.2, -0.15) is 0 Å². The number of carboxylic acids is 1. The molecule has 118 valence electrons. The van der Waals surface area contributed by atoms with Crippen molar-refractivity contribution < 1.29 is 14.7 Å². The molecule has 3 aromatic rings. The molecule has 0 atom stereocenters. The van der Waals surface area contributed by atoms with Gasteiger partial charge in [-0.3, -0.25) is 9.78 Å². The first-order valence-corrected chi connectivity index (χ1v) is 7.67. The highest BCUT2D eigenvalue weighted by Gasteiger charge is 2.20. The lowest BCUT2D eigenvalue weighted by atomic mass is 9.90. The smallest absolute Gasteiger partial charge is 0.336 e. The van der Waals surface area contributed by atoms with Gasteiger partial charge < -0.3 is 10.4 Å². The number of fused-ring (bicyclic) bond motifs is 2. The number of benzene rings is 2. The van der Waals surface area contributed by atoms with E-state index >= 15 is 0 Å². The second-order valence-electron chi connectivity index (χ2n) is 5.73. The summed E-state index contributed by atoms with van der Waals surface area (Å²) < 4.78 is 0. The summed E-state index contributed by atoms with van der Waals surface area (Å²) in [5.74, 6) is -1.04. The Hall–Kier alpha value is -3.21. The van der Waals surface area contributed by atoms with Crippen LogP contribution in [0.2, 0.25) is 0 Å². The molecule has 5 nitrogen and oxygen atoms in total. The van der Waals surface area contributed by atoms with E-state index in [1.54, 1.807) is 0 Å². The Bertz CT molecular complexity index is 995. The fraction of sp³-hybridized carbons (Fsp3) is 0.105. The molecule has 1 amide bonds. The second kappa shape index (κ2) is 5.45. The van der Waals surface area contributed by atoms with Gasteiger partial charge in [0, 0.05) is 23.7 Å². The van der Waals surface area contributed by atoms with Crippen molar-refractivity contribution >= 4 is 22.8 Å². The first-order valence-electron chi connectivity index (χ1n) is 7.67. The van der Waals surface area contributed by atoms with E-state index in [0.717, 1.165) is 23.1 Å². The Balaban J connectivity index is 1.95. The molecular formula is C19H14N2O3. The van der Waals surface area contributed by atoms with Gasteiger partial charge in [0.25, 0.3) is 5.91 Å². The molecule has 2 heterocycles. The highest BCUT2D eigenvalue weighted by atomic mass is 16.4. The fourth-order valence-electron chi connectivity index (χ4n) is 3.24. The van der Waals surface area contributed by atoms with Crippen LogP contribution in [0.3, 0.4) is 0 Å². The molecule has 0 spiro atoms. The van der Waals surface area contributed by atoms with Gasteiger partial charge in [0.15, 0.2) is 0 Å². The lowest BCUT2D eigenvalue weighted by molar-refractivity contribution is 0.0698. The predicted octanol–water partition coefficient (Wildman–Crippen LogP) is 2.89. The van der Waals surface area contributed by atoms with E-state index in [2.05, 4.69) is 10.3 Å². The first kappa shape index (κ1) is 14.4. The summed E-state index contributed by atoms with van der Waals surface area (Å²) in [6.45, 7) is 0.609. The molecule has 0 unspecified atom stereocenters. The van der Waals surface area contributed by atoms with Crippen molar-refractivity contribution in [2.45, 2.75) is 6.42 Å². The molecule has 0 saturated heterocycles. The number of carbonyl (C=O) groups excluding carboxylic acids is 1. The lowest BCUT2D eigenvalue weighted by Crippen LogP contribution is -2.32. The molecule has 2 N–H and O–H groups in total. The van der Waals surface area contributed by atoms with Gasteiger partial charge in [0.2, 0.25) is 0 Å². The van der Waals surface area contributed by atoms with Crippen LogP contribution in [0, 0.1) is 0 Å². The summed E-state index contributed by atoms with van der Waals surface area (Å²) in [5, 5.41) is 12.8. The Kier molecular flexibility index (Phi) is 3.27. The number of hydrogen-bond acceptors (Lipinski definition) is 3. The molecule has 5 heteroatoms. The van der Waals surface area contributed by atoms with Gasteiger partial charge in [0.05, 0.1) is 11.1 Å². The number of carboxylic acid groups (broad SMARTS) is 1. The number of nitrogens with one attached hydrogen (secondary N) is 1. The molecule has 24 heavy (non-hydrogen) atoms. The van der Waals surface area contributed by atoms with Gasteiger partial charge in [0.1, 0.15) is 0 Å². The minimum absolute atomic E-state index is 0.0632. The van der Waals surface area contributed by atoms with E-state index in [1.165, 1.54) is 12.3 Å². The van der Waals surface area contributed by atoms with E-state index in [9.17, 15) is 14.7 Å². The number of rotatable bonds is 2. The molecule has 4 rings (SSSR count). The molecule has 0 aliphatic carbocycles. The van der Waals surface area contributed by atoms with Crippen LogP contribution in [0.4, 0.5) is 0 Å². The number of pyridine rings is 1. The van der Waals surface area contributed by atoms with Crippen LogP contribution < -0.4 is 5.32 Å². The number of amides is 1. The Labute approximate surface area is 138 Å². The third-order valence-electron chi connectivity index (χ3n) is 4.36. The van der Waals surface area contributed by atoms with Crippen molar-refractivity contribution in [3.05, 3.63) is 65.4 Å². The Morgan fingerprint density at radius 3 is 2.79 bits per heavy atom. The Morgan fingerprint density at radius 2 is 1.96 bits per heavy atom. The van der Waals surface area contributed by atoms with E-state index in [1.807, 2.05) is 36.4 Å². The summed E-state index contributed by atoms with van der Waals surface area (Å²) in [6.07, 6.45) is 2.26. The summed E-state index contributed by atoms with van der Waals surface area (Å²) in [6, 6.07) is 12.7. The van der Waals surface area contributed by atoms with Gasteiger partial charge in [-0.15, -0.1) is 0 Å². The van der Waals surface area contributed by atoms with E-state index in [0.29, 0.717) is 23.0 Å². The number of aromatic carboxylic acids is 1. The number of hydrogen-bond donors (Lipinski definition) is 2. The van der Waals surface area contributed by atoms with Crippen molar-refractivity contribution in [1.29, 1.82) is 0 Å². The topological polar surface area (TPSA) is 79.3 Å². The molecule has 1 aliphatic rings. The predicted molar refractivity (Wildman–Crippen MR) is 90.2 cm³/mol. The van der Waals surface area contributed by atoms with Crippen LogP contribution in [-0.4, -0.2) is 28.5 Å². The standard InChI is InChI=1S/C19H14N2O3/c22-18-14-3-1-2-12(13(14)6-9-21-18)11-4-5-17-16(10-11)15(19(23)24)7-8-20-17/h1-5,7-8,10H,6,9H2,(H,21,22)(H,23,24). The minimum Gasteiger partial charge on any atom is -0.478 e. The van der Waals surface area contributed by atoms with Gasteiger partial charge in [-0.25, -0.2) is 4.79 Å². The maximum atomic E-state index is 12.0. The zero-order valence-corrected chi connectivity index (χ0v) is 12.7. The molecule has 1 aromatic heterocycles. The summed E-state index contributed by atoms with van der Waals surface area (Å²) in [7, 11) is 0. The number of nitrogens with zero attached hydrogens (tertiary/aromatic N) is 1. The van der Waals surface area contributed by atoms with Crippen LogP contribution in [0.5, 0.6) is 0 Å². The summed E-state index contributed by atoms with van der Waals surface area (Å²) in [5.41, 5.74) is 4.41. The molecule has 1 aliphatic heterocycles. The monoisotopic (exact) mass is 318 g/mol. The Morgan fingerprint density at radius 1 is 1.12 bits per heavy atom. The van der Waals surface area contributed by atoms with E-state index in [4.69, 9.17) is 0 Å². The second-order valence-corrected chi connectivity index (χ2v) is 5.73. The minimum atomic E-state index is -0.978. The maximum Gasteiger partial charge on any atom is 0.336 e. The van der Waals surface area contributed by atoms with Crippen molar-refractivity contribution in [3.63, 3.8) is 0 Å². The van der Waals surface area contributed by atoms with Gasteiger partial charge in [-0.1, -0.05) is 18.2 Å². The van der Waals surface area contributed by atoms with Crippen LogP contribution >= 0.6 is 0 Å². The summed E-state index contributed by atoms with van der Waals surface area (Å²) >= 11 is 0. The quantitative estimate of drug-likeness (QED) is 0.761. The van der Waals surface area contributed by atoms with Gasteiger partial charge in [-0.05, 0) is 47.4 Å². The highest BCUT2D eigenvalue weighted by molar-refractivity contribution is 6.04. The highest BCUT2D eigenvalue weighted by Crippen LogP contribution is 2.31. The van der Waals surface area contributed by atoms with E-state index < -0.39 is 5.97 Å². The first-order chi connectivity index (χ1) is 11.6. The third kappa shape index (κ3) is 2.22. The van der Waals surface area contributed by atoms with Crippen LogP contribution in [0.15, 0.2) is 48.7 Å². The molecule has 0 radical (unpaired) electrons. The number of carbonyl (C=O) groups is 2. The maximum absolute atomic E-state index is 12.0. The lowest BCUT2D eigenvalue weighted by Gasteiger charge is -2.20. The largest absolute Gasteiger partial charge is 0.478 e. The average Bonchev–Trinajstić information content (AvgIpc) is 2.60. The van der Waals surface area contributed by atoms with Crippen LogP contribution in [-0.2, 0) is 6.42 Å². The van der Waals surface area contributed by atoms with Crippen LogP contribution in [0.25, 0.3) is 22.0 Å². The zero-order chi connectivity index (χ0) is 16.7.